The van der Waals surface area contributed by atoms with Gasteiger partial charge in [0.1, 0.15) is 0 Å². The van der Waals surface area contributed by atoms with Gasteiger partial charge in [0.2, 0.25) is 11.8 Å². The van der Waals surface area contributed by atoms with E-state index in [0.717, 1.165) is 37.9 Å². The summed E-state index contributed by atoms with van der Waals surface area (Å²) < 4.78 is 0. The molecule has 0 atom stereocenters. The van der Waals surface area contributed by atoms with Crippen LogP contribution in [0.15, 0.2) is 24.3 Å². The van der Waals surface area contributed by atoms with Crippen molar-refractivity contribution in [3.05, 3.63) is 34.9 Å². The Hall–Kier alpha value is -1.55. The number of carbonyl (C=O) groups is 2. The van der Waals surface area contributed by atoms with E-state index >= 15 is 0 Å². The van der Waals surface area contributed by atoms with Crippen LogP contribution in [0, 0.1) is 0 Å². The molecule has 22 heavy (non-hydrogen) atoms. The second-order valence-corrected chi connectivity index (χ2v) is 6.19. The summed E-state index contributed by atoms with van der Waals surface area (Å²) in [5.74, 6) is 0.00493. The summed E-state index contributed by atoms with van der Waals surface area (Å²) in [7, 11) is 0. The molecule has 1 saturated heterocycles. The number of nitrogens with zero attached hydrogens (tertiary/aromatic N) is 2. The standard InChI is InChI=1S/C17H23ClN2O2/c1-14(21)20(12-9-15-5-7-16(18)8-6-15)13-17(22)19-10-3-2-4-11-19/h5-8H,2-4,9-13H2,1H3. The lowest BCUT2D eigenvalue weighted by Crippen LogP contribution is -2.44. The predicted octanol–water partition coefficient (Wildman–Crippen LogP) is 2.74. The highest BCUT2D eigenvalue weighted by Gasteiger charge is 2.20. The Morgan fingerprint density at radius 3 is 2.36 bits per heavy atom. The molecule has 2 amide bonds. The van der Waals surface area contributed by atoms with Crippen molar-refractivity contribution >= 4 is 23.4 Å². The Bertz CT molecular complexity index is 510. The van der Waals surface area contributed by atoms with E-state index in [1.165, 1.54) is 13.3 Å². The summed E-state index contributed by atoms with van der Waals surface area (Å²) in [5, 5.41) is 0.701. The maximum Gasteiger partial charge on any atom is 0.242 e. The van der Waals surface area contributed by atoms with Crippen LogP contribution in [0.1, 0.15) is 31.7 Å². The number of benzene rings is 1. The van der Waals surface area contributed by atoms with E-state index in [0.29, 0.717) is 11.6 Å². The Morgan fingerprint density at radius 1 is 1.14 bits per heavy atom. The van der Waals surface area contributed by atoms with Crippen molar-refractivity contribution in [1.82, 2.24) is 9.80 Å². The van der Waals surface area contributed by atoms with Crippen LogP contribution >= 0.6 is 11.6 Å². The van der Waals surface area contributed by atoms with Gasteiger partial charge in [-0.25, -0.2) is 0 Å². The lowest BCUT2D eigenvalue weighted by Gasteiger charge is -2.29. The number of piperidine rings is 1. The largest absolute Gasteiger partial charge is 0.341 e. The minimum Gasteiger partial charge on any atom is -0.341 e. The average Bonchev–Trinajstić information content (AvgIpc) is 2.53. The number of amides is 2. The first-order valence-electron chi connectivity index (χ1n) is 7.84. The SMILES string of the molecule is CC(=O)N(CCc1ccc(Cl)cc1)CC(=O)N1CCCCC1. The van der Waals surface area contributed by atoms with Gasteiger partial charge in [-0.2, -0.15) is 0 Å². The van der Waals surface area contributed by atoms with Gasteiger partial charge in [-0.05, 0) is 43.4 Å². The maximum absolute atomic E-state index is 12.3. The predicted molar refractivity (Wildman–Crippen MR) is 87.8 cm³/mol. The lowest BCUT2D eigenvalue weighted by molar-refractivity contribution is -0.140. The fraction of sp³-hybridized carbons (Fsp3) is 0.529. The normalized spacial score (nSPS) is 14.7. The second kappa shape index (κ2) is 8.18. The van der Waals surface area contributed by atoms with Gasteiger partial charge >= 0.3 is 0 Å². The van der Waals surface area contributed by atoms with Crippen LogP contribution in [0.25, 0.3) is 0 Å². The van der Waals surface area contributed by atoms with Gasteiger partial charge in [0, 0.05) is 31.6 Å². The van der Waals surface area contributed by atoms with E-state index < -0.39 is 0 Å². The van der Waals surface area contributed by atoms with Crippen LogP contribution in [-0.2, 0) is 16.0 Å². The summed E-state index contributed by atoms with van der Waals surface area (Å²) in [6.45, 7) is 3.90. The molecular formula is C17H23ClN2O2. The molecule has 0 aromatic heterocycles. The Balaban J connectivity index is 1.87. The number of hydrogen-bond donors (Lipinski definition) is 0. The highest BCUT2D eigenvalue weighted by molar-refractivity contribution is 6.30. The molecule has 5 heteroatoms. The van der Waals surface area contributed by atoms with Gasteiger partial charge in [0.05, 0.1) is 6.54 Å². The minimum absolute atomic E-state index is 0.0562. The van der Waals surface area contributed by atoms with Crippen molar-refractivity contribution in [2.24, 2.45) is 0 Å². The summed E-state index contributed by atoms with van der Waals surface area (Å²) in [5.41, 5.74) is 1.11. The molecule has 1 heterocycles. The van der Waals surface area contributed by atoms with Gasteiger partial charge in [-0.15, -0.1) is 0 Å². The molecule has 0 radical (unpaired) electrons. The molecule has 120 valence electrons. The topological polar surface area (TPSA) is 40.6 Å². The van der Waals surface area contributed by atoms with E-state index in [-0.39, 0.29) is 18.4 Å². The molecule has 1 aliphatic heterocycles. The first-order chi connectivity index (χ1) is 10.6. The van der Waals surface area contributed by atoms with Crippen LogP contribution in [0.5, 0.6) is 0 Å². The molecule has 0 spiro atoms. The molecule has 0 aliphatic carbocycles. The Labute approximate surface area is 137 Å². The summed E-state index contributed by atoms with van der Waals surface area (Å²) in [6, 6.07) is 7.59. The van der Waals surface area contributed by atoms with E-state index in [1.54, 1.807) is 4.90 Å². The molecule has 1 aromatic carbocycles. The molecule has 4 nitrogen and oxygen atoms in total. The lowest BCUT2D eigenvalue weighted by atomic mass is 10.1. The number of likely N-dealkylation sites (tertiary alicyclic amines) is 1. The quantitative estimate of drug-likeness (QED) is 0.836. The summed E-state index contributed by atoms with van der Waals surface area (Å²) >= 11 is 5.86. The maximum atomic E-state index is 12.3. The van der Waals surface area contributed by atoms with Crippen LogP contribution < -0.4 is 0 Å². The van der Waals surface area contributed by atoms with E-state index in [2.05, 4.69) is 0 Å². The Kier molecular flexibility index (Phi) is 6.25. The molecule has 1 aliphatic rings. The van der Waals surface area contributed by atoms with Crippen LogP contribution in [0.2, 0.25) is 5.02 Å². The van der Waals surface area contributed by atoms with Crippen molar-refractivity contribution in [3.8, 4) is 0 Å². The van der Waals surface area contributed by atoms with Crippen molar-refractivity contribution in [1.29, 1.82) is 0 Å². The van der Waals surface area contributed by atoms with Gasteiger partial charge in [-0.1, -0.05) is 23.7 Å². The zero-order chi connectivity index (χ0) is 15.9. The molecule has 0 bridgehead atoms. The molecule has 0 N–H and O–H groups in total. The van der Waals surface area contributed by atoms with Crippen LogP contribution in [0.4, 0.5) is 0 Å². The van der Waals surface area contributed by atoms with Gasteiger partial charge in [0.25, 0.3) is 0 Å². The first kappa shape index (κ1) is 16.8. The molecular weight excluding hydrogens is 300 g/mol. The third kappa shape index (κ3) is 5.02. The van der Waals surface area contributed by atoms with Gasteiger partial charge in [-0.3, -0.25) is 9.59 Å². The molecule has 1 fully saturated rings. The Morgan fingerprint density at radius 2 is 1.77 bits per heavy atom. The summed E-state index contributed by atoms with van der Waals surface area (Å²) in [6.07, 6.45) is 4.05. The summed E-state index contributed by atoms with van der Waals surface area (Å²) in [4.78, 5) is 27.6. The fourth-order valence-corrected chi connectivity index (χ4v) is 2.80. The van der Waals surface area contributed by atoms with Gasteiger partial charge < -0.3 is 9.80 Å². The number of rotatable bonds is 5. The highest BCUT2D eigenvalue weighted by Crippen LogP contribution is 2.12. The molecule has 0 unspecified atom stereocenters. The zero-order valence-corrected chi connectivity index (χ0v) is 13.8. The first-order valence-corrected chi connectivity index (χ1v) is 8.22. The van der Waals surface area contributed by atoms with E-state index in [1.807, 2.05) is 29.2 Å². The number of hydrogen-bond acceptors (Lipinski definition) is 2. The highest BCUT2D eigenvalue weighted by atomic mass is 35.5. The van der Waals surface area contributed by atoms with Crippen molar-refractivity contribution in [2.45, 2.75) is 32.6 Å². The third-order valence-corrected chi connectivity index (χ3v) is 4.32. The van der Waals surface area contributed by atoms with E-state index in [9.17, 15) is 9.59 Å². The number of halogens is 1. The molecule has 1 aromatic rings. The van der Waals surface area contributed by atoms with Crippen molar-refractivity contribution in [2.75, 3.05) is 26.2 Å². The third-order valence-electron chi connectivity index (χ3n) is 4.06. The minimum atomic E-state index is -0.0562. The smallest absolute Gasteiger partial charge is 0.242 e. The number of carbonyl (C=O) groups excluding carboxylic acids is 2. The van der Waals surface area contributed by atoms with Crippen LogP contribution in [0.3, 0.4) is 0 Å². The van der Waals surface area contributed by atoms with Crippen LogP contribution in [-0.4, -0.2) is 47.8 Å². The van der Waals surface area contributed by atoms with Crippen molar-refractivity contribution < 1.29 is 9.59 Å². The average molecular weight is 323 g/mol. The second-order valence-electron chi connectivity index (χ2n) is 5.76. The van der Waals surface area contributed by atoms with Gasteiger partial charge in [0.15, 0.2) is 0 Å². The molecule has 2 rings (SSSR count). The zero-order valence-electron chi connectivity index (χ0n) is 13.1. The van der Waals surface area contributed by atoms with Crippen molar-refractivity contribution in [3.63, 3.8) is 0 Å². The molecule has 0 saturated carbocycles. The monoisotopic (exact) mass is 322 g/mol. The van der Waals surface area contributed by atoms with E-state index in [4.69, 9.17) is 11.6 Å². The fourth-order valence-electron chi connectivity index (χ4n) is 2.67.